The summed E-state index contributed by atoms with van der Waals surface area (Å²) >= 11 is 0. The normalized spacial score (nSPS) is 15.9. The predicted octanol–water partition coefficient (Wildman–Crippen LogP) is 3.45. The lowest BCUT2D eigenvalue weighted by Crippen LogP contribution is -2.35. The Bertz CT molecular complexity index is 749. The van der Waals surface area contributed by atoms with E-state index in [-0.39, 0.29) is 11.7 Å². The Labute approximate surface area is 144 Å². The van der Waals surface area contributed by atoms with E-state index < -0.39 is 11.6 Å². The molecule has 2 aromatic rings. The Hall–Kier alpha value is -2.34. The zero-order chi connectivity index (χ0) is 17.8. The van der Waals surface area contributed by atoms with Crippen LogP contribution >= 0.6 is 0 Å². The number of carbonyl (C=O) groups excluding carboxylic acids is 1. The van der Waals surface area contributed by atoms with Crippen LogP contribution in [0.15, 0.2) is 42.5 Å². The summed E-state index contributed by atoms with van der Waals surface area (Å²) in [6.45, 7) is 3.08. The molecule has 0 spiro atoms. The second kappa shape index (κ2) is 7.70. The van der Waals surface area contributed by atoms with Crippen LogP contribution in [-0.2, 0) is 6.54 Å². The summed E-state index contributed by atoms with van der Waals surface area (Å²) in [5.41, 5.74) is 1.17. The fourth-order valence-corrected chi connectivity index (χ4v) is 3.00. The lowest BCUT2D eigenvalue weighted by Gasteiger charge is -2.22. The molecule has 0 atom stereocenters. The van der Waals surface area contributed by atoms with Crippen molar-refractivity contribution in [2.24, 2.45) is 0 Å². The largest absolute Gasteiger partial charge is 0.337 e. The van der Waals surface area contributed by atoms with Gasteiger partial charge in [-0.15, -0.1) is 0 Å². The first-order valence-electron chi connectivity index (χ1n) is 8.24. The van der Waals surface area contributed by atoms with Gasteiger partial charge in [-0.2, -0.15) is 0 Å². The molecule has 1 heterocycles. The SMILES string of the molecule is O=C(c1ccc(F)cc1)N1CCCN(Cc2ccc(F)c(F)c2)CC1. The molecule has 25 heavy (non-hydrogen) atoms. The molecular weight excluding hydrogens is 329 g/mol. The maximum absolute atomic E-state index is 13.3. The van der Waals surface area contributed by atoms with Crippen molar-refractivity contribution in [1.29, 1.82) is 0 Å². The number of halogens is 3. The summed E-state index contributed by atoms with van der Waals surface area (Å²) < 4.78 is 39.3. The molecule has 6 heteroatoms. The molecular formula is C19H19F3N2O. The fraction of sp³-hybridized carbons (Fsp3) is 0.316. The summed E-state index contributed by atoms with van der Waals surface area (Å²) in [4.78, 5) is 16.4. The first-order chi connectivity index (χ1) is 12.0. The first-order valence-corrected chi connectivity index (χ1v) is 8.24. The van der Waals surface area contributed by atoms with Crippen molar-refractivity contribution in [3.05, 3.63) is 71.0 Å². The van der Waals surface area contributed by atoms with Crippen LogP contribution in [-0.4, -0.2) is 41.9 Å². The van der Waals surface area contributed by atoms with Gasteiger partial charge < -0.3 is 4.90 Å². The topological polar surface area (TPSA) is 23.6 Å². The van der Waals surface area contributed by atoms with Gasteiger partial charge in [-0.05, 0) is 48.4 Å². The van der Waals surface area contributed by atoms with Gasteiger partial charge in [0.15, 0.2) is 11.6 Å². The maximum atomic E-state index is 13.3. The van der Waals surface area contributed by atoms with Crippen LogP contribution in [0.3, 0.4) is 0 Å². The zero-order valence-electron chi connectivity index (χ0n) is 13.7. The van der Waals surface area contributed by atoms with Crippen molar-refractivity contribution in [1.82, 2.24) is 9.80 Å². The third-order valence-electron chi connectivity index (χ3n) is 4.36. The Morgan fingerprint density at radius 1 is 0.880 bits per heavy atom. The highest BCUT2D eigenvalue weighted by atomic mass is 19.2. The van der Waals surface area contributed by atoms with Crippen molar-refractivity contribution in [3.8, 4) is 0 Å². The zero-order valence-corrected chi connectivity index (χ0v) is 13.7. The third-order valence-corrected chi connectivity index (χ3v) is 4.36. The number of rotatable bonds is 3. The summed E-state index contributed by atoms with van der Waals surface area (Å²) in [5.74, 6) is -2.18. The van der Waals surface area contributed by atoms with Gasteiger partial charge in [0, 0.05) is 38.3 Å². The molecule has 0 aromatic heterocycles. The van der Waals surface area contributed by atoms with Gasteiger partial charge in [0.25, 0.3) is 5.91 Å². The van der Waals surface area contributed by atoms with Gasteiger partial charge in [-0.3, -0.25) is 9.69 Å². The Morgan fingerprint density at radius 2 is 1.64 bits per heavy atom. The average molecular weight is 348 g/mol. The van der Waals surface area contributed by atoms with Crippen LogP contribution in [0.1, 0.15) is 22.3 Å². The second-order valence-electron chi connectivity index (χ2n) is 6.18. The molecule has 0 aliphatic carbocycles. The standard InChI is InChI=1S/C19H19F3N2O/c20-16-5-3-15(4-6-16)19(25)24-9-1-8-23(10-11-24)13-14-2-7-17(21)18(22)12-14/h2-7,12H,1,8-11,13H2. The van der Waals surface area contributed by atoms with Gasteiger partial charge in [0.1, 0.15) is 5.82 Å². The van der Waals surface area contributed by atoms with E-state index in [1.165, 1.54) is 30.3 Å². The third kappa shape index (κ3) is 4.39. The molecule has 132 valence electrons. The Morgan fingerprint density at radius 3 is 2.36 bits per heavy atom. The molecule has 0 saturated carbocycles. The summed E-state index contributed by atoms with van der Waals surface area (Å²) in [6.07, 6.45) is 0.788. The number of nitrogens with zero attached hydrogens (tertiary/aromatic N) is 2. The lowest BCUT2D eigenvalue weighted by atomic mass is 10.2. The van der Waals surface area contributed by atoms with Gasteiger partial charge in [0.2, 0.25) is 0 Å². The van der Waals surface area contributed by atoms with Crippen LogP contribution in [0.4, 0.5) is 13.2 Å². The second-order valence-corrected chi connectivity index (χ2v) is 6.18. The highest BCUT2D eigenvalue weighted by Crippen LogP contribution is 2.14. The van der Waals surface area contributed by atoms with Crippen LogP contribution < -0.4 is 0 Å². The highest BCUT2D eigenvalue weighted by Gasteiger charge is 2.20. The summed E-state index contributed by atoms with van der Waals surface area (Å²) in [7, 11) is 0. The van der Waals surface area contributed by atoms with Gasteiger partial charge in [0.05, 0.1) is 0 Å². The van der Waals surface area contributed by atoms with Gasteiger partial charge in [-0.1, -0.05) is 6.07 Å². The molecule has 3 rings (SSSR count). The van der Waals surface area contributed by atoms with Crippen LogP contribution in [0.2, 0.25) is 0 Å². The van der Waals surface area contributed by atoms with E-state index in [0.717, 1.165) is 19.0 Å². The van der Waals surface area contributed by atoms with Crippen molar-refractivity contribution in [2.45, 2.75) is 13.0 Å². The van der Waals surface area contributed by atoms with E-state index >= 15 is 0 Å². The minimum absolute atomic E-state index is 0.116. The van der Waals surface area contributed by atoms with E-state index in [1.54, 1.807) is 11.0 Å². The van der Waals surface area contributed by atoms with Gasteiger partial charge in [-0.25, -0.2) is 13.2 Å². The van der Waals surface area contributed by atoms with Crippen molar-refractivity contribution < 1.29 is 18.0 Å². The minimum Gasteiger partial charge on any atom is -0.337 e. The molecule has 1 saturated heterocycles. The van der Waals surface area contributed by atoms with Crippen molar-refractivity contribution in [3.63, 3.8) is 0 Å². The first kappa shape index (κ1) is 17.5. The number of carbonyl (C=O) groups is 1. The molecule has 0 unspecified atom stereocenters. The van der Waals surface area contributed by atoms with Crippen LogP contribution in [0.5, 0.6) is 0 Å². The quantitative estimate of drug-likeness (QED) is 0.848. The molecule has 0 N–H and O–H groups in total. The minimum atomic E-state index is -0.851. The molecule has 1 aliphatic rings. The summed E-state index contributed by atoms with van der Waals surface area (Å²) in [6, 6.07) is 9.45. The van der Waals surface area contributed by atoms with E-state index in [4.69, 9.17) is 0 Å². The molecule has 1 aliphatic heterocycles. The molecule has 1 amide bonds. The van der Waals surface area contributed by atoms with E-state index in [9.17, 15) is 18.0 Å². The van der Waals surface area contributed by atoms with Crippen molar-refractivity contribution in [2.75, 3.05) is 26.2 Å². The smallest absolute Gasteiger partial charge is 0.253 e. The van der Waals surface area contributed by atoms with Crippen LogP contribution in [0.25, 0.3) is 0 Å². The molecule has 3 nitrogen and oxygen atoms in total. The van der Waals surface area contributed by atoms with Crippen molar-refractivity contribution >= 4 is 5.91 Å². The molecule has 0 radical (unpaired) electrons. The Balaban J connectivity index is 1.60. The Kier molecular flexibility index (Phi) is 5.38. The maximum Gasteiger partial charge on any atom is 0.253 e. The predicted molar refractivity (Wildman–Crippen MR) is 88.6 cm³/mol. The number of hydrogen-bond acceptors (Lipinski definition) is 2. The fourth-order valence-electron chi connectivity index (χ4n) is 3.00. The number of benzene rings is 2. The van der Waals surface area contributed by atoms with E-state index in [2.05, 4.69) is 4.90 Å². The average Bonchev–Trinajstić information content (AvgIpc) is 2.84. The molecule has 0 bridgehead atoms. The number of hydrogen-bond donors (Lipinski definition) is 0. The monoisotopic (exact) mass is 348 g/mol. The van der Waals surface area contributed by atoms with E-state index in [0.29, 0.717) is 37.3 Å². The van der Waals surface area contributed by atoms with E-state index in [1.807, 2.05) is 0 Å². The molecule has 1 fully saturated rings. The summed E-state index contributed by atoms with van der Waals surface area (Å²) in [5, 5.41) is 0. The highest BCUT2D eigenvalue weighted by molar-refractivity contribution is 5.94. The number of amides is 1. The lowest BCUT2D eigenvalue weighted by molar-refractivity contribution is 0.0761. The molecule has 2 aromatic carbocycles. The van der Waals surface area contributed by atoms with Crippen LogP contribution in [0, 0.1) is 17.5 Å². The van der Waals surface area contributed by atoms with Gasteiger partial charge >= 0.3 is 0 Å².